The van der Waals surface area contributed by atoms with Gasteiger partial charge in [-0.15, -0.1) is 11.3 Å². The van der Waals surface area contributed by atoms with Crippen molar-refractivity contribution in [2.75, 3.05) is 17.7 Å². The third-order valence-electron chi connectivity index (χ3n) is 3.10. The van der Waals surface area contributed by atoms with Crippen molar-refractivity contribution in [3.63, 3.8) is 0 Å². The zero-order valence-electron chi connectivity index (χ0n) is 14.2. The van der Waals surface area contributed by atoms with Gasteiger partial charge in [-0.1, -0.05) is 13.8 Å². The number of carbonyl (C=O) groups excluding carboxylic acids is 2. The first-order valence-corrected chi connectivity index (χ1v) is 8.47. The summed E-state index contributed by atoms with van der Waals surface area (Å²) in [6.07, 6.45) is 2.44. The van der Waals surface area contributed by atoms with Gasteiger partial charge in [0.2, 0.25) is 5.91 Å². The van der Waals surface area contributed by atoms with Gasteiger partial charge >= 0.3 is 6.03 Å². The zero-order valence-corrected chi connectivity index (χ0v) is 15.0. The SMILES string of the molecule is CNC(=O)Cn1ccc(NC(=O)Nc2sc(C)nc2CC(C)C)n1. The molecule has 3 amide bonds. The maximum Gasteiger partial charge on any atom is 0.325 e. The summed E-state index contributed by atoms with van der Waals surface area (Å²) < 4.78 is 1.45. The van der Waals surface area contributed by atoms with E-state index in [0.717, 1.165) is 22.1 Å². The Bertz CT molecular complexity index is 721. The van der Waals surface area contributed by atoms with Crippen molar-refractivity contribution in [2.24, 2.45) is 5.92 Å². The summed E-state index contributed by atoms with van der Waals surface area (Å²) in [6.45, 7) is 6.24. The number of nitrogens with zero attached hydrogens (tertiary/aromatic N) is 3. The van der Waals surface area contributed by atoms with Crippen LogP contribution >= 0.6 is 11.3 Å². The molecular formula is C15H22N6O2S. The highest BCUT2D eigenvalue weighted by atomic mass is 32.1. The van der Waals surface area contributed by atoms with Crippen LogP contribution in [0.25, 0.3) is 0 Å². The molecule has 0 aliphatic heterocycles. The second kappa shape index (κ2) is 7.91. The van der Waals surface area contributed by atoms with E-state index in [1.54, 1.807) is 19.3 Å². The lowest BCUT2D eigenvalue weighted by molar-refractivity contribution is -0.121. The van der Waals surface area contributed by atoms with E-state index in [1.807, 2.05) is 6.92 Å². The number of urea groups is 1. The average molecular weight is 350 g/mol. The fourth-order valence-corrected chi connectivity index (χ4v) is 2.93. The minimum atomic E-state index is -0.381. The highest BCUT2D eigenvalue weighted by Gasteiger charge is 2.14. The van der Waals surface area contributed by atoms with Gasteiger partial charge in [-0.2, -0.15) is 5.10 Å². The molecule has 0 aliphatic rings. The molecule has 0 saturated carbocycles. The fourth-order valence-electron chi connectivity index (χ4n) is 2.09. The maximum absolute atomic E-state index is 12.1. The normalized spacial score (nSPS) is 10.7. The molecule has 3 N–H and O–H groups in total. The highest BCUT2D eigenvalue weighted by Crippen LogP contribution is 2.26. The summed E-state index contributed by atoms with van der Waals surface area (Å²) in [7, 11) is 1.56. The summed E-state index contributed by atoms with van der Waals surface area (Å²) >= 11 is 1.45. The van der Waals surface area contributed by atoms with Crippen LogP contribution in [-0.2, 0) is 17.8 Å². The van der Waals surface area contributed by atoms with E-state index in [2.05, 4.69) is 39.9 Å². The zero-order chi connectivity index (χ0) is 17.7. The number of anilines is 2. The summed E-state index contributed by atoms with van der Waals surface area (Å²) in [5.41, 5.74) is 0.896. The van der Waals surface area contributed by atoms with Crippen molar-refractivity contribution >= 4 is 34.1 Å². The van der Waals surface area contributed by atoms with Crippen LogP contribution in [0.5, 0.6) is 0 Å². The summed E-state index contributed by atoms with van der Waals surface area (Å²) in [5, 5.41) is 13.8. The minimum absolute atomic E-state index is 0.104. The largest absolute Gasteiger partial charge is 0.358 e. The maximum atomic E-state index is 12.1. The molecule has 24 heavy (non-hydrogen) atoms. The lowest BCUT2D eigenvalue weighted by atomic mass is 10.1. The molecule has 0 aromatic carbocycles. The topological polar surface area (TPSA) is 101 Å². The van der Waals surface area contributed by atoms with E-state index in [4.69, 9.17) is 0 Å². The number of nitrogens with one attached hydrogen (secondary N) is 3. The van der Waals surface area contributed by atoms with Crippen LogP contribution in [0.3, 0.4) is 0 Å². The molecule has 2 aromatic heterocycles. The second-order valence-corrected chi connectivity index (χ2v) is 6.96. The van der Waals surface area contributed by atoms with Gasteiger partial charge in [0.1, 0.15) is 11.5 Å². The fraction of sp³-hybridized carbons (Fsp3) is 0.467. The Morgan fingerprint density at radius 2 is 2.08 bits per heavy atom. The molecule has 2 heterocycles. The van der Waals surface area contributed by atoms with E-state index < -0.39 is 0 Å². The van der Waals surface area contributed by atoms with Crippen LogP contribution < -0.4 is 16.0 Å². The van der Waals surface area contributed by atoms with Gasteiger partial charge in [0.05, 0.1) is 10.7 Å². The number of aryl methyl sites for hydroxylation is 1. The van der Waals surface area contributed by atoms with Crippen LogP contribution in [0.2, 0.25) is 0 Å². The summed E-state index contributed by atoms with van der Waals surface area (Å²) in [5.74, 6) is 0.672. The molecule has 0 bridgehead atoms. The first-order chi connectivity index (χ1) is 11.4. The van der Waals surface area contributed by atoms with E-state index in [9.17, 15) is 9.59 Å². The monoisotopic (exact) mass is 350 g/mol. The molecule has 9 heteroatoms. The molecule has 0 aliphatic carbocycles. The van der Waals surface area contributed by atoms with Crippen molar-refractivity contribution < 1.29 is 9.59 Å². The van der Waals surface area contributed by atoms with Gasteiger partial charge in [-0.05, 0) is 19.3 Å². The van der Waals surface area contributed by atoms with Crippen molar-refractivity contribution in [3.8, 4) is 0 Å². The molecule has 8 nitrogen and oxygen atoms in total. The predicted molar refractivity (Wildman–Crippen MR) is 94.3 cm³/mol. The summed E-state index contributed by atoms with van der Waals surface area (Å²) in [4.78, 5) is 27.9. The number of amides is 3. The van der Waals surface area contributed by atoms with Crippen molar-refractivity contribution in [3.05, 3.63) is 23.0 Å². The average Bonchev–Trinajstić information content (AvgIpc) is 3.05. The third kappa shape index (κ3) is 5.05. The van der Waals surface area contributed by atoms with E-state index >= 15 is 0 Å². The van der Waals surface area contributed by atoms with Gasteiger partial charge in [-0.3, -0.25) is 20.1 Å². The number of aromatic nitrogens is 3. The van der Waals surface area contributed by atoms with Crippen LogP contribution in [0.4, 0.5) is 15.6 Å². The van der Waals surface area contributed by atoms with Crippen molar-refractivity contribution in [1.82, 2.24) is 20.1 Å². The second-order valence-electron chi connectivity index (χ2n) is 5.76. The third-order valence-corrected chi connectivity index (χ3v) is 4.03. The Morgan fingerprint density at radius 3 is 2.75 bits per heavy atom. The Balaban J connectivity index is 1.97. The number of carbonyl (C=O) groups is 2. The molecule has 130 valence electrons. The number of likely N-dealkylation sites (N-methyl/N-ethyl adjacent to an activating group) is 1. The molecular weight excluding hydrogens is 328 g/mol. The number of hydrogen-bond donors (Lipinski definition) is 3. The Kier molecular flexibility index (Phi) is 5.91. The Hall–Kier alpha value is -2.42. The van der Waals surface area contributed by atoms with Gasteiger partial charge in [0.25, 0.3) is 0 Å². The highest BCUT2D eigenvalue weighted by molar-refractivity contribution is 7.16. The van der Waals surface area contributed by atoms with Gasteiger partial charge in [0.15, 0.2) is 5.82 Å². The molecule has 0 unspecified atom stereocenters. The van der Waals surface area contributed by atoms with E-state index in [0.29, 0.717) is 11.7 Å². The van der Waals surface area contributed by atoms with Gasteiger partial charge in [-0.25, -0.2) is 9.78 Å². The van der Waals surface area contributed by atoms with Gasteiger partial charge in [0, 0.05) is 19.3 Å². The predicted octanol–water partition coefficient (Wildman–Crippen LogP) is 2.24. The molecule has 0 atom stereocenters. The molecule has 2 aromatic rings. The van der Waals surface area contributed by atoms with Crippen molar-refractivity contribution in [2.45, 2.75) is 33.7 Å². The molecule has 0 spiro atoms. The molecule has 0 fully saturated rings. The first kappa shape index (κ1) is 17.9. The quantitative estimate of drug-likeness (QED) is 0.743. The number of hydrogen-bond acceptors (Lipinski definition) is 5. The lowest BCUT2D eigenvalue weighted by Gasteiger charge is -2.07. The molecule has 0 radical (unpaired) electrons. The van der Waals surface area contributed by atoms with E-state index in [-0.39, 0.29) is 18.5 Å². The van der Waals surface area contributed by atoms with Crippen molar-refractivity contribution in [1.29, 1.82) is 0 Å². The standard InChI is InChI=1S/C15H22N6O2S/c1-9(2)7-11-14(24-10(3)17-11)19-15(23)18-12-5-6-21(20-12)8-13(22)16-4/h5-6,9H,7-8H2,1-4H3,(H,16,22)(H2,18,19,20,23). The van der Waals surface area contributed by atoms with Crippen LogP contribution in [0, 0.1) is 12.8 Å². The Labute approximate surface area is 144 Å². The number of rotatable bonds is 6. The van der Waals surface area contributed by atoms with Crippen LogP contribution in [0.15, 0.2) is 12.3 Å². The minimum Gasteiger partial charge on any atom is -0.358 e. The van der Waals surface area contributed by atoms with Crippen LogP contribution in [-0.4, -0.2) is 33.8 Å². The Morgan fingerprint density at radius 1 is 1.33 bits per heavy atom. The van der Waals surface area contributed by atoms with E-state index in [1.165, 1.54) is 16.0 Å². The number of thiazole rings is 1. The first-order valence-electron chi connectivity index (χ1n) is 7.65. The van der Waals surface area contributed by atoms with Crippen LogP contribution in [0.1, 0.15) is 24.5 Å². The molecule has 0 saturated heterocycles. The molecule has 2 rings (SSSR count). The summed E-state index contributed by atoms with van der Waals surface area (Å²) in [6, 6.07) is 1.25. The van der Waals surface area contributed by atoms with Gasteiger partial charge < -0.3 is 5.32 Å². The smallest absolute Gasteiger partial charge is 0.325 e. The lowest BCUT2D eigenvalue weighted by Crippen LogP contribution is -2.24.